The molecule has 3 bridgehead atoms. The van der Waals surface area contributed by atoms with Gasteiger partial charge in [-0.2, -0.15) is 0 Å². The van der Waals surface area contributed by atoms with Gasteiger partial charge < -0.3 is 38.8 Å². The Hall–Kier alpha value is -1.07. The Morgan fingerprint density at radius 1 is 1.07 bits per heavy atom. The lowest BCUT2D eigenvalue weighted by atomic mass is 9.62. The van der Waals surface area contributed by atoms with Gasteiger partial charge in [-0.05, 0) is 80.0 Å². The third-order valence-corrected chi connectivity index (χ3v) is 10.6. The van der Waals surface area contributed by atoms with Crippen LogP contribution in [0.25, 0.3) is 0 Å². The summed E-state index contributed by atoms with van der Waals surface area (Å²) in [5.41, 5.74) is -0.727. The molecular formula is C31H53NO8. The molecule has 0 saturated carbocycles. The van der Waals surface area contributed by atoms with Crippen molar-refractivity contribution in [2.24, 2.45) is 23.2 Å². The molecular weight excluding hydrogens is 514 g/mol. The average molecular weight is 568 g/mol. The molecule has 0 aliphatic carbocycles. The Morgan fingerprint density at radius 3 is 2.30 bits per heavy atom. The number of carbonyl (C=O) groups excluding carboxylic acids is 1. The smallest absolute Gasteiger partial charge is 0.311 e. The van der Waals surface area contributed by atoms with Gasteiger partial charge in [-0.25, -0.2) is 0 Å². The molecule has 13 atom stereocenters. The molecule has 0 radical (unpaired) electrons. The summed E-state index contributed by atoms with van der Waals surface area (Å²) in [4.78, 5) is 15.4. The predicted molar refractivity (Wildman–Crippen MR) is 150 cm³/mol. The molecule has 0 aromatic carbocycles. The highest BCUT2D eigenvalue weighted by atomic mass is 16.7. The topological polar surface area (TPSA) is 107 Å². The number of carbonyl (C=O) groups is 1. The normalized spacial score (nSPS) is 50.4. The van der Waals surface area contributed by atoms with E-state index >= 15 is 0 Å². The van der Waals surface area contributed by atoms with E-state index in [1.165, 1.54) is 5.57 Å². The van der Waals surface area contributed by atoms with Crippen molar-refractivity contribution in [3.63, 3.8) is 0 Å². The van der Waals surface area contributed by atoms with E-state index in [0.29, 0.717) is 32.5 Å². The monoisotopic (exact) mass is 567 g/mol. The fraction of sp³-hybridized carbons (Fsp3) is 0.903. The highest BCUT2D eigenvalue weighted by Crippen LogP contribution is 2.52. The molecule has 6 aliphatic heterocycles. The minimum Gasteiger partial charge on any atom is -0.459 e. The molecule has 9 heteroatoms. The quantitative estimate of drug-likeness (QED) is 0.391. The molecule has 0 amide bonds. The Labute approximate surface area is 240 Å². The lowest BCUT2D eigenvalue weighted by molar-refractivity contribution is -0.314. The first kappa shape index (κ1) is 31.9. The van der Waals surface area contributed by atoms with E-state index in [4.69, 9.17) is 23.7 Å². The van der Waals surface area contributed by atoms with Crippen LogP contribution >= 0.6 is 0 Å². The van der Waals surface area contributed by atoms with Crippen molar-refractivity contribution in [2.45, 2.75) is 129 Å². The lowest BCUT2D eigenvalue weighted by Gasteiger charge is -2.56. The van der Waals surface area contributed by atoms with Crippen molar-refractivity contribution in [3.05, 3.63) is 11.6 Å². The van der Waals surface area contributed by atoms with Crippen LogP contribution in [0.3, 0.4) is 0 Å². The molecule has 230 valence electrons. The number of fused-ring (bicyclic) bond motifs is 1. The van der Waals surface area contributed by atoms with E-state index in [1.54, 1.807) is 6.92 Å². The maximum absolute atomic E-state index is 13.4. The predicted octanol–water partition coefficient (Wildman–Crippen LogP) is 3.30. The number of ether oxygens (including phenoxy) is 5. The third kappa shape index (κ3) is 5.52. The number of aliphatic hydroxyl groups is 2. The van der Waals surface area contributed by atoms with Gasteiger partial charge in [0.2, 0.25) is 0 Å². The fourth-order valence-corrected chi connectivity index (χ4v) is 7.63. The van der Waals surface area contributed by atoms with Crippen molar-refractivity contribution >= 4 is 5.97 Å². The van der Waals surface area contributed by atoms with Crippen LogP contribution < -0.4 is 0 Å². The minimum atomic E-state index is -1.07. The molecule has 4 fully saturated rings. The molecule has 2 N–H and O–H groups in total. The van der Waals surface area contributed by atoms with Crippen LogP contribution in [0.4, 0.5) is 0 Å². The van der Waals surface area contributed by atoms with Crippen molar-refractivity contribution in [2.75, 3.05) is 27.3 Å². The van der Waals surface area contributed by atoms with E-state index in [0.717, 1.165) is 0 Å². The van der Waals surface area contributed by atoms with Crippen molar-refractivity contribution in [1.82, 2.24) is 4.90 Å². The number of hydrogen-bond acceptors (Lipinski definition) is 9. The molecule has 6 heterocycles. The standard InChI is InChI=1S/C31H53NO8/c1-11-23-29(7)13-17(2)31(15-36-29)16-37-30(8,14-18(31)3)26(20(5)24(33)21(6)27(35)39-23)40-28-25(34)22(32(9)10)12-19(4)38-28/h13,18-26,28,33-34H,11-12,14-16H2,1-10H3/t18-,19-,20+,21-,22+,23-,24+,25-,26-,28+,29+,30-,31?/m1/s1. The van der Waals surface area contributed by atoms with Crippen molar-refractivity contribution < 1.29 is 38.7 Å². The second kappa shape index (κ2) is 11.5. The van der Waals surface area contributed by atoms with Gasteiger partial charge in [-0.15, -0.1) is 0 Å². The van der Waals surface area contributed by atoms with Gasteiger partial charge in [0, 0.05) is 17.4 Å². The molecule has 6 rings (SSSR count). The maximum atomic E-state index is 13.4. The summed E-state index contributed by atoms with van der Waals surface area (Å²) in [6.45, 7) is 16.8. The SMILES string of the molecule is CC[C@H]1OC(=O)[C@H](C)[C@@H](O)[C@H](C)[C@@H](O[C@@H]2O[C@H](C)C[C@H](N(C)C)[C@H]2O)[C@@]2(C)C[C@@H](C)C3(CO2)CO[C@@]1(C)C=C3C. The molecule has 0 aromatic heterocycles. The zero-order chi connectivity index (χ0) is 29.8. The van der Waals surface area contributed by atoms with Crippen LogP contribution in [0.1, 0.15) is 74.7 Å². The van der Waals surface area contributed by atoms with Crippen molar-refractivity contribution in [3.8, 4) is 0 Å². The Bertz CT molecular complexity index is 958. The fourth-order valence-electron chi connectivity index (χ4n) is 7.63. The molecule has 0 aromatic rings. The molecule has 1 spiro atoms. The summed E-state index contributed by atoms with van der Waals surface area (Å²) in [7, 11) is 3.88. The molecule has 1 unspecified atom stereocenters. The summed E-state index contributed by atoms with van der Waals surface area (Å²) in [6, 6.07) is -0.142. The number of rotatable bonds is 4. The Kier molecular flexibility index (Phi) is 9.20. The van der Waals surface area contributed by atoms with E-state index in [2.05, 4.69) is 19.9 Å². The molecule has 9 nitrogen and oxygen atoms in total. The summed E-state index contributed by atoms with van der Waals surface area (Å²) in [6.07, 6.45) is -0.147. The van der Waals surface area contributed by atoms with Gasteiger partial charge in [-0.1, -0.05) is 26.3 Å². The molecule has 6 aliphatic rings. The summed E-state index contributed by atoms with van der Waals surface area (Å²) < 4.78 is 32.2. The number of esters is 1. The molecule has 4 saturated heterocycles. The summed E-state index contributed by atoms with van der Waals surface area (Å²) >= 11 is 0. The van der Waals surface area contributed by atoms with Gasteiger partial charge in [0.25, 0.3) is 0 Å². The number of aliphatic hydroxyl groups excluding tert-OH is 2. The van der Waals surface area contributed by atoms with E-state index in [-0.39, 0.29) is 23.5 Å². The van der Waals surface area contributed by atoms with Crippen LogP contribution in [0.2, 0.25) is 0 Å². The second-order valence-electron chi connectivity index (χ2n) is 13.8. The highest BCUT2D eigenvalue weighted by Gasteiger charge is 2.57. The molecule has 40 heavy (non-hydrogen) atoms. The first-order chi connectivity index (χ1) is 18.6. The lowest BCUT2D eigenvalue weighted by Crippen LogP contribution is -2.63. The zero-order valence-electron chi connectivity index (χ0n) is 26.2. The minimum absolute atomic E-state index is 0.122. The van der Waals surface area contributed by atoms with Crippen LogP contribution in [-0.4, -0.2) is 102 Å². The first-order valence-corrected chi connectivity index (χ1v) is 15.1. The van der Waals surface area contributed by atoms with Crippen LogP contribution in [0.5, 0.6) is 0 Å². The van der Waals surface area contributed by atoms with Crippen LogP contribution in [0.15, 0.2) is 11.6 Å². The average Bonchev–Trinajstić information content (AvgIpc) is 2.89. The van der Waals surface area contributed by atoms with E-state index in [9.17, 15) is 15.0 Å². The van der Waals surface area contributed by atoms with Gasteiger partial charge in [0.15, 0.2) is 6.29 Å². The Balaban J connectivity index is 1.76. The number of likely N-dealkylation sites (N-methyl/N-ethyl adjacent to an activating group) is 1. The first-order valence-electron chi connectivity index (χ1n) is 15.1. The summed E-state index contributed by atoms with van der Waals surface area (Å²) in [5.74, 6) is -1.64. The van der Waals surface area contributed by atoms with Crippen molar-refractivity contribution in [1.29, 1.82) is 0 Å². The second-order valence-corrected chi connectivity index (χ2v) is 13.8. The summed E-state index contributed by atoms with van der Waals surface area (Å²) in [5, 5.41) is 22.9. The van der Waals surface area contributed by atoms with E-state index in [1.807, 2.05) is 53.6 Å². The third-order valence-electron chi connectivity index (χ3n) is 10.6. The van der Waals surface area contributed by atoms with Gasteiger partial charge >= 0.3 is 5.97 Å². The highest BCUT2D eigenvalue weighted by molar-refractivity contribution is 5.73. The van der Waals surface area contributed by atoms with Crippen LogP contribution in [-0.2, 0) is 28.5 Å². The van der Waals surface area contributed by atoms with Gasteiger partial charge in [0.05, 0.1) is 43.0 Å². The number of nitrogens with zero attached hydrogens (tertiary/aromatic N) is 1. The maximum Gasteiger partial charge on any atom is 0.311 e. The largest absolute Gasteiger partial charge is 0.459 e. The van der Waals surface area contributed by atoms with E-state index < -0.39 is 59.7 Å². The van der Waals surface area contributed by atoms with Gasteiger partial charge in [-0.3, -0.25) is 4.79 Å². The zero-order valence-corrected chi connectivity index (χ0v) is 26.2. The van der Waals surface area contributed by atoms with Gasteiger partial charge in [0.1, 0.15) is 17.8 Å². The van der Waals surface area contributed by atoms with Crippen LogP contribution in [0, 0.1) is 23.2 Å². The Morgan fingerprint density at radius 2 is 1.73 bits per heavy atom. The number of hydrogen-bond donors (Lipinski definition) is 2.